The lowest BCUT2D eigenvalue weighted by Crippen LogP contribution is -1.95. The van der Waals surface area contributed by atoms with E-state index in [1.807, 2.05) is 0 Å². The molecular weight excluding hydrogens is 190 g/mol. The molecule has 0 heterocycles. The zero-order valence-electron chi connectivity index (χ0n) is 5.64. The number of carbonyl (C=O) groups excluding carboxylic acids is 1. The number of rotatable bonds is 1. The second kappa shape index (κ2) is 3.06. The number of halogens is 3. The van der Waals surface area contributed by atoms with Crippen molar-refractivity contribution < 1.29 is 18.7 Å². The Balaban J connectivity index is 3.36. The third kappa shape index (κ3) is 1.38. The monoisotopic (exact) mass is 192 g/mol. The highest BCUT2D eigenvalue weighted by Crippen LogP contribution is 2.23. The van der Waals surface area contributed by atoms with Crippen LogP contribution in [-0.2, 0) is 0 Å². The van der Waals surface area contributed by atoms with Crippen molar-refractivity contribution in [3.8, 4) is 5.75 Å². The molecule has 0 aliphatic heterocycles. The molecule has 1 N–H and O–H groups in total. The number of aromatic hydroxyl groups is 1. The van der Waals surface area contributed by atoms with E-state index in [-0.39, 0.29) is 0 Å². The summed E-state index contributed by atoms with van der Waals surface area (Å²) in [6.07, 6.45) is 0. The molecule has 0 spiro atoms. The molecule has 1 aromatic carbocycles. The fourth-order valence-corrected chi connectivity index (χ4v) is 0.839. The van der Waals surface area contributed by atoms with Crippen molar-refractivity contribution >= 4 is 16.8 Å². The molecule has 0 aromatic heterocycles. The van der Waals surface area contributed by atoms with Gasteiger partial charge >= 0.3 is 0 Å². The number of hydrogen-bond acceptors (Lipinski definition) is 2. The van der Waals surface area contributed by atoms with Gasteiger partial charge in [0.15, 0.2) is 17.4 Å². The van der Waals surface area contributed by atoms with Gasteiger partial charge in [-0.15, -0.1) is 0 Å². The summed E-state index contributed by atoms with van der Waals surface area (Å²) in [4.78, 5) is 10.4. The van der Waals surface area contributed by atoms with Gasteiger partial charge in [0.2, 0.25) is 0 Å². The summed E-state index contributed by atoms with van der Waals surface area (Å²) < 4.78 is 25.1. The molecular formula is C7H3ClF2O2. The molecule has 5 heteroatoms. The van der Waals surface area contributed by atoms with Crippen molar-refractivity contribution in [1.82, 2.24) is 0 Å². The lowest BCUT2D eigenvalue weighted by atomic mass is 10.2. The van der Waals surface area contributed by atoms with Crippen molar-refractivity contribution in [2.45, 2.75) is 0 Å². The van der Waals surface area contributed by atoms with E-state index in [2.05, 4.69) is 0 Å². The van der Waals surface area contributed by atoms with Gasteiger partial charge in [-0.25, -0.2) is 8.78 Å². The zero-order chi connectivity index (χ0) is 9.30. The van der Waals surface area contributed by atoms with Gasteiger partial charge in [0.05, 0.1) is 5.56 Å². The molecule has 0 aliphatic rings. The average molecular weight is 193 g/mol. The van der Waals surface area contributed by atoms with E-state index in [0.717, 1.165) is 12.1 Å². The van der Waals surface area contributed by atoms with Crippen molar-refractivity contribution in [2.24, 2.45) is 0 Å². The number of phenols is 1. The van der Waals surface area contributed by atoms with Gasteiger partial charge in [-0.05, 0) is 23.7 Å². The van der Waals surface area contributed by atoms with E-state index in [9.17, 15) is 13.6 Å². The standard InChI is InChI=1S/C7H3ClF2O2/c8-7(12)3-1-2-4(9)6(11)5(3)10/h1-2,11H. The molecule has 1 rings (SSSR count). The Morgan fingerprint density at radius 3 is 2.50 bits per heavy atom. The van der Waals surface area contributed by atoms with E-state index in [0.29, 0.717) is 0 Å². The van der Waals surface area contributed by atoms with E-state index < -0.39 is 28.2 Å². The highest BCUT2D eigenvalue weighted by Gasteiger charge is 2.15. The molecule has 0 fully saturated rings. The zero-order valence-corrected chi connectivity index (χ0v) is 6.40. The van der Waals surface area contributed by atoms with Crippen molar-refractivity contribution in [3.05, 3.63) is 29.3 Å². The Hall–Kier alpha value is -1.16. The summed E-state index contributed by atoms with van der Waals surface area (Å²) in [6.45, 7) is 0. The van der Waals surface area contributed by atoms with E-state index in [4.69, 9.17) is 16.7 Å². The van der Waals surface area contributed by atoms with Crippen LogP contribution in [0.3, 0.4) is 0 Å². The minimum Gasteiger partial charge on any atom is -0.503 e. The first-order chi connectivity index (χ1) is 5.54. The molecule has 0 amide bonds. The summed E-state index contributed by atoms with van der Waals surface area (Å²) in [5.41, 5.74) is -0.546. The van der Waals surface area contributed by atoms with Gasteiger partial charge in [-0.2, -0.15) is 0 Å². The molecule has 1 aromatic rings. The second-order valence-corrected chi connectivity index (χ2v) is 2.37. The van der Waals surface area contributed by atoms with Crippen LogP contribution in [0.15, 0.2) is 12.1 Å². The first kappa shape index (κ1) is 8.93. The summed E-state index contributed by atoms with van der Waals surface area (Å²) in [5, 5.41) is 7.59. The molecule has 0 radical (unpaired) electrons. The predicted octanol–water partition coefficient (Wildman–Crippen LogP) is 2.05. The molecule has 0 atom stereocenters. The maximum absolute atomic E-state index is 12.7. The van der Waals surface area contributed by atoms with Crippen LogP contribution in [0.2, 0.25) is 0 Å². The highest BCUT2D eigenvalue weighted by atomic mass is 35.5. The lowest BCUT2D eigenvalue weighted by molar-refractivity contribution is 0.107. The molecule has 0 bridgehead atoms. The number of carbonyl (C=O) groups is 1. The summed E-state index contributed by atoms with van der Waals surface area (Å²) in [6, 6.07) is 1.62. The Bertz CT molecular complexity index is 338. The first-order valence-corrected chi connectivity index (χ1v) is 3.28. The van der Waals surface area contributed by atoms with E-state index >= 15 is 0 Å². The van der Waals surface area contributed by atoms with Gasteiger partial charge < -0.3 is 5.11 Å². The van der Waals surface area contributed by atoms with E-state index in [1.54, 1.807) is 0 Å². The van der Waals surface area contributed by atoms with Crippen LogP contribution in [0.25, 0.3) is 0 Å². The first-order valence-electron chi connectivity index (χ1n) is 2.91. The Labute approximate surface area is 71.4 Å². The van der Waals surface area contributed by atoms with Crippen LogP contribution in [0, 0.1) is 11.6 Å². The maximum atomic E-state index is 12.7. The van der Waals surface area contributed by atoms with Crippen molar-refractivity contribution in [1.29, 1.82) is 0 Å². The van der Waals surface area contributed by atoms with Crippen LogP contribution in [0.4, 0.5) is 8.78 Å². The lowest BCUT2D eigenvalue weighted by Gasteiger charge is -1.99. The SMILES string of the molecule is O=C(Cl)c1ccc(F)c(O)c1F. The topological polar surface area (TPSA) is 37.3 Å². The predicted molar refractivity (Wildman–Crippen MR) is 38.2 cm³/mol. The van der Waals surface area contributed by atoms with Crippen molar-refractivity contribution in [3.63, 3.8) is 0 Å². The van der Waals surface area contributed by atoms with Gasteiger partial charge in [0.25, 0.3) is 5.24 Å². The molecule has 0 aliphatic carbocycles. The van der Waals surface area contributed by atoms with Gasteiger partial charge in [0, 0.05) is 0 Å². The van der Waals surface area contributed by atoms with Crippen LogP contribution in [0.1, 0.15) is 10.4 Å². The number of benzene rings is 1. The van der Waals surface area contributed by atoms with Crippen LogP contribution >= 0.6 is 11.6 Å². The van der Waals surface area contributed by atoms with Gasteiger partial charge in [-0.1, -0.05) is 0 Å². The molecule has 0 saturated carbocycles. The summed E-state index contributed by atoms with van der Waals surface area (Å²) >= 11 is 4.92. The fourth-order valence-electron chi connectivity index (χ4n) is 0.693. The van der Waals surface area contributed by atoms with Gasteiger partial charge in [0.1, 0.15) is 0 Å². The van der Waals surface area contributed by atoms with Crippen LogP contribution in [0.5, 0.6) is 5.75 Å². The normalized spacial score (nSPS) is 9.92. The largest absolute Gasteiger partial charge is 0.503 e. The quantitative estimate of drug-likeness (QED) is 0.692. The molecule has 64 valence electrons. The fraction of sp³-hybridized carbons (Fsp3) is 0. The van der Waals surface area contributed by atoms with Gasteiger partial charge in [-0.3, -0.25) is 4.79 Å². The molecule has 0 unspecified atom stereocenters. The average Bonchev–Trinajstić information content (AvgIpc) is 2.00. The highest BCUT2D eigenvalue weighted by molar-refractivity contribution is 6.67. The maximum Gasteiger partial charge on any atom is 0.255 e. The third-order valence-corrected chi connectivity index (χ3v) is 1.48. The van der Waals surface area contributed by atoms with E-state index in [1.165, 1.54) is 0 Å². The number of phenolic OH excluding ortho intramolecular Hbond substituents is 1. The third-order valence-electron chi connectivity index (χ3n) is 1.28. The minimum atomic E-state index is -1.34. The Morgan fingerprint density at radius 1 is 1.42 bits per heavy atom. The second-order valence-electron chi connectivity index (χ2n) is 2.03. The molecule has 12 heavy (non-hydrogen) atoms. The molecule has 2 nitrogen and oxygen atoms in total. The van der Waals surface area contributed by atoms with Crippen molar-refractivity contribution in [2.75, 3.05) is 0 Å². The smallest absolute Gasteiger partial charge is 0.255 e. The number of hydrogen-bond donors (Lipinski definition) is 1. The minimum absolute atomic E-state index is 0.546. The summed E-state index contributed by atoms with van der Waals surface area (Å²) in [5.74, 6) is -3.66. The summed E-state index contributed by atoms with van der Waals surface area (Å²) in [7, 11) is 0. The Kier molecular flexibility index (Phi) is 2.28. The molecule has 0 saturated heterocycles. The van der Waals surface area contributed by atoms with Crippen LogP contribution in [-0.4, -0.2) is 10.3 Å². The van der Waals surface area contributed by atoms with Crippen LogP contribution < -0.4 is 0 Å². The Morgan fingerprint density at radius 2 is 2.00 bits per heavy atom.